The van der Waals surface area contributed by atoms with Crippen LogP contribution in [-0.2, 0) is 0 Å². The molecule has 5 aromatic carbocycles. The first-order valence-electron chi connectivity index (χ1n) is 21.9. The van der Waals surface area contributed by atoms with E-state index in [4.69, 9.17) is 27.2 Å². The fourth-order valence-electron chi connectivity index (χ4n) is 8.10. The smallest absolute Gasteiger partial charge is 0.132 e. The van der Waals surface area contributed by atoms with Crippen molar-refractivity contribution in [3.63, 3.8) is 0 Å². The molecule has 0 amide bonds. The van der Waals surface area contributed by atoms with E-state index in [-0.39, 0.29) is 30.1 Å². The Hall–Kier alpha value is -7.00. The lowest BCUT2D eigenvalue weighted by Crippen LogP contribution is -2.41. The van der Waals surface area contributed by atoms with Crippen molar-refractivity contribution in [3.8, 4) is 0 Å². The van der Waals surface area contributed by atoms with Gasteiger partial charge in [0.2, 0.25) is 0 Å². The highest BCUT2D eigenvalue weighted by Gasteiger charge is 2.21. The number of benzene rings is 5. The van der Waals surface area contributed by atoms with Crippen molar-refractivity contribution in [2.75, 3.05) is 6.54 Å². The number of nitrogens with two attached hydrogens (primary N) is 3. The van der Waals surface area contributed by atoms with Crippen LogP contribution in [0.15, 0.2) is 192 Å². The van der Waals surface area contributed by atoms with Crippen LogP contribution in [0, 0.1) is 5.92 Å². The Morgan fingerprint density at radius 1 is 0.683 bits per heavy atom. The van der Waals surface area contributed by atoms with Gasteiger partial charge >= 0.3 is 0 Å². The second kappa shape index (κ2) is 20.7. The number of nitrogens with one attached hydrogen (secondary N) is 1. The summed E-state index contributed by atoms with van der Waals surface area (Å²) in [4.78, 5) is 10.2. The minimum Gasteiger partial charge on any atom is -0.385 e. The fraction of sp³-hybridized carbons (Fsp3) is 0.200. The van der Waals surface area contributed by atoms with Crippen molar-refractivity contribution >= 4 is 56.3 Å². The van der Waals surface area contributed by atoms with E-state index in [2.05, 4.69) is 126 Å². The Morgan fingerprint density at radius 2 is 1.35 bits per heavy atom. The van der Waals surface area contributed by atoms with Gasteiger partial charge in [-0.05, 0) is 87.2 Å². The number of para-hydroxylation sites is 1. The van der Waals surface area contributed by atoms with Gasteiger partial charge in [-0.25, -0.2) is 0 Å². The summed E-state index contributed by atoms with van der Waals surface area (Å²) in [7, 11) is 0. The third kappa shape index (κ3) is 10.2. The summed E-state index contributed by atoms with van der Waals surface area (Å²) in [5, 5.41) is 6.94. The molecule has 7 rings (SSSR count). The van der Waals surface area contributed by atoms with Gasteiger partial charge in [0.05, 0.1) is 28.8 Å². The van der Waals surface area contributed by atoms with Gasteiger partial charge in [-0.2, -0.15) is 0 Å². The molecule has 320 valence electrons. The molecule has 0 aliphatic rings. The highest BCUT2D eigenvalue weighted by atomic mass is 15.1. The summed E-state index contributed by atoms with van der Waals surface area (Å²) in [5.74, 6) is 2.20. The third-order valence-electron chi connectivity index (χ3n) is 11.8. The molecule has 0 fully saturated rings. The molecule has 5 atom stereocenters. The zero-order valence-corrected chi connectivity index (χ0v) is 37.0. The molecular formula is C55H60N8. The number of amidine groups is 1. The summed E-state index contributed by atoms with van der Waals surface area (Å²) >= 11 is 0. The maximum atomic E-state index is 7.14. The lowest BCUT2D eigenvalue weighted by molar-refractivity contribution is 0.420. The lowest BCUT2D eigenvalue weighted by Gasteiger charge is -2.24. The van der Waals surface area contributed by atoms with Crippen molar-refractivity contribution in [3.05, 3.63) is 204 Å². The quantitative estimate of drug-likeness (QED) is 0.0335. The number of hydrogen-bond donors (Lipinski definition) is 4. The molecule has 0 bridgehead atoms. The summed E-state index contributed by atoms with van der Waals surface area (Å²) in [6.07, 6.45) is 18.3. The fourth-order valence-corrected chi connectivity index (χ4v) is 8.10. The Kier molecular flexibility index (Phi) is 14.5. The average Bonchev–Trinajstić information content (AvgIpc) is 3.83. The Balaban J connectivity index is 1.31. The van der Waals surface area contributed by atoms with Crippen molar-refractivity contribution in [2.45, 2.75) is 58.8 Å². The summed E-state index contributed by atoms with van der Waals surface area (Å²) in [6, 6.07) is 45.7. The Morgan fingerprint density at radius 3 is 2.05 bits per heavy atom. The van der Waals surface area contributed by atoms with Gasteiger partial charge in [0.25, 0.3) is 0 Å². The van der Waals surface area contributed by atoms with Crippen LogP contribution in [0.4, 0.5) is 0 Å². The molecule has 5 unspecified atom stereocenters. The molecule has 0 spiro atoms. The standard InChI is InChI=1S/C55H60N8/c1-6-8-12-30-46-34-45-35-48-47-31-19-20-32-49(47)63(53(22-7-2)60-39(4)40(5)61-55(58)43-27-17-11-18-28-43)51(48)36-50(45)62(46)52(56)33-21-29-44(38(3)41-23-13-9-14-24-41)37-59-54(57)42-25-15-10-16-26-42/h6-36,38-40,44,55,61H,37,56,58H2,1-5H3,(H2,57,59)/b8-6-,22-7-,29-21-,30-12-,52-33+,60-53+. The number of fused-ring (bicyclic) bond motifs is 4. The van der Waals surface area contributed by atoms with E-state index >= 15 is 0 Å². The van der Waals surface area contributed by atoms with Crippen LogP contribution in [0.1, 0.15) is 69.1 Å². The monoisotopic (exact) mass is 832 g/mol. The molecule has 7 N–H and O–H groups in total. The van der Waals surface area contributed by atoms with Crippen LogP contribution >= 0.6 is 0 Å². The lowest BCUT2D eigenvalue weighted by atomic mass is 9.87. The van der Waals surface area contributed by atoms with Crippen LogP contribution in [-0.4, -0.2) is 39.4 Å². The molecular weight excluding hydrogens is 773 g/mol. The SMILES string of the molecule is C/C=C\C=C/c1cc2cc3c4ccccc4n(C(/C=C\C)=N/C(C)C(C)NC(N)c4ccccc4)c3cc2n1/C(N)=C/C=C\C(C/N=C(\N)c1ccccc1)C(C)c1ccccc1. The molecule has 63 heavy (non-hydrogen) atoms. The second-order valence-corrected chi connectivity index (χ2v) is 16.1. The maximum absolute atomic E-state index is 7.14. The van der Waals surface area contributed by atoms with Gasteiger partial charge in [-0.15, -0.1) is 0 Å². The van der Waals surface area contributed by atoms with E-state index in [0.29, 0.717) is 18.2 Å². The number of aliphatic imine (C=N–C) groups is 2. The molecule has 0 saturated carbocycles. The highest BCUT2D eigenvalue weighted by Crippen LogP contribution is 2.35. The maximum Gasteiger partial charge on any atom is 0.132 e. The molecule has 7 aromatic rings. The largest absolute Gasteiger partial charge is 0.385 e. The van der Waals surface area contributed by atoms with Crippen LogP contribution in [0.25, 0.3) is 44.6 Å². The normalized spacial score (nSPS) is 15.7. The van der Waals surface area contributed by atoms with Crippen molar-refractivity contribution in [1.29, 1.82) is 0 Å². The molecule has 8 heteroatoms. The minimum absolute atomic E-state index is 0.00898. The van der Waals surface area contributed by atoms with Crippen molar-refractivity contribution < 1.29 is 0 Å². The van der Waals surface area contributed by atoms with E-state index in [9.17, 15) is 0 Å². The molecule has 8 nitrogen and oxygen atoms in total. The molecule has 0 saturated heterocycles. The van der Waals surface area contributed by atoms with Crippen molar-refractivity contribution in [2.24, 2.45) is 33.1 Å². The Bertz CT molecular complexity index is 2840. The van der Waals surface area contributed by atoms with Crippen LogP contribution in [0.5, 0.6) is 0 Å². The van der Waals surface area contributed by atoms with Crippen LogP contribution in [0.2, 0.25) is 0 Å². The summed E-state index contributed by atoms with van der Waals surface area (Å²) in [6.45, 7) is 11.1. The number of rotatable bonds is 16. The topological polar surface area (TPSA) is 125 Å². The van der Waals surface area contributed by atoms with Gasteiger partial charge in [0.1, 0.15) is 17.5 Å². The molecule has 2 aromatic heterocycles. The minimum atomic E-state index is -0.312. The van der Waals surface area contributed by atoms with Crippen molar-refractivity contribution in [1.82, 2.24) is 14.5 Å². The van der Waals surface area contributed by atoms with E-state index < -0.39 is 0 Å². The van der Waals surface area contributed by atoms with E-state index in [1.165, 1.54) is 5.56 Å². The Labute approximate surface area is 372 Å². The number of hydrogen-bond acceptors (Lipinski definition) is 5. The molecule has 0 radical (unpaired) electrons. The summed E-state index contributed by atoms with van der Waals surface area (Å²) in [5.41, 5.74) is 27.5. The first-order valence-corrected chi connectivity index (χ1v) is 21.9. The molecule has 0 aliphatic carbocycles. The summed E-state index contributed by atoms with van der Waals surface area (Å²) < 4.78 is 4.41. The highest BCUT2D eigenvalue weighted by molar-refractivity contribution is 6.19. The van der Waals surface area contributed by atoms with Gasteiger partial charge in [-0.3, -0.25) is 24.4 Å². The first-order chi connectivity index (χ1) is 30.7. The van der Waals surface area contributed by atoms with Gasteiger partial charge in [0.15, 0.2) is 0 Å². The molecule has 0 aliphatic heterocycles. The number of aromatic nitrogens is 2. The number of allylic oxidation sites excluding steroid dienone is 7. The zero-order valence-electron chi connectivity index (χ0n) is 37.0. The predicted molar refractivity (Wildman–Crippen MR) is 270 cm³/mol. The van der Waals surface area contributed by atoms with E-state index in [1.54, 1.807) is 0 Å². The van der Waals surface area contributed by atoms with Crippen LogP contribution in [0.3, 0.4) is 0 Å². The van der Waals surface area contributed by atoms with Gasteiger partial charge in [0, 0.05) is 45.9 Å². The third-order valence-corrected chi connectivity index (χ3v) is 11.8. The van der Waals surface area contributed by atoms with Gasteiger partial charge < -0.3 is 17.2 Å². The predicted octanol–water partition coefficient (Wildman–Crippen LogP) is 11.3. The van der Waals surface area contributed by atoms with Gasteiger partial charge in [-0.1, -0.05) is 153 Å². The van der Waals surface area contributed by atoms with E-state index in [1.807, 2.05) is 111 Å². The average molecular weight is 833 g/mol. The zero-order chi connectivity index (χ0) is 44.3. The number of nitrogens with zero attached hydrogens (tertiary/aromatic N) is 4. The second-order valence-electron chi connectivity index (χ2n) is 16.1. The first kappa shape index (κ1) is 44.1. The van der Waals surface area contributed by atoms with Crippen LogP contribution < -0.4 is 22.5 Å². The molecule has 2 heterocycles. The van der Waals surface area contributed by atoms with E-state index in [0.717, 1.165) is 55.4 Å².